The molecule has 0 bridgehead atoms. The van der Waals surface area contributed by atoms with E-state index in [0.29, 0.717) is 5.69 Å². The fraction of sp³-hybridized carbons (Fsp3) is 0.316. The minimum absolute atomic E-state index is 0.112. The highest BCUT2D eigenvalue weighted by molar-refractivity contribution is 5.85. The molecule has 0 amide bonds. The summed E-state index contributed by atoms with van der Waals surface area (Å²) in [5.74, 6) is -0.530. The molecule has 1 N–H and O–H groups in total. The Morgan fingerprint density at radius 1 is 1.36 bits per heavy atom. The number of nitrogens with one attached hydrogen (secondary N) is 1. The molecule has 25 heavy (non-hydrogen) atoms. The van der Waals surface area contributed by atoms with Crippen LogP contribution in [0.2, 0.25) is 0 Å². The number of benzene rings is 1. The summed E-state index contributed by atoms with van der Waals surface area (Å²) in [6.45, 7) is 9.12. The smallest absolute Gasteiger partial charge is 0.333 e. The van der Waals surface area contributed by atoms with Gasteiger partial charge in [0.15, 0.2) is 0 Å². The van der Waals surface area contributed by atoms with E-state index in [2.05, 4.69) is 16.9 Å². The minimum atomic E-state index is -0.705. The molecule has 1 unspecified atom stereocenters. The summed E-state index contributed by atoms with van der Waals surface area (Å²) in [6.07, 6.45) is 6.29. The molecule has 6 heteroatoms. The van der Waals surface area contributed by atoms with Crippen molar-refractivity contribution in [3.05, 3.63) is 61.2 Å². The second kappa shape index (κ2) is 7.79. The molecule has 1 aromatic carbocycles. The van der Waals surface area contributed by atoms with E-state index in [0.717, 1.165) is 5.56 Å². The molecule has 0 saturated heterocycles. The number of para-hydroxylation sites is 1. The highest BCUT2D eigenvalue weighted by Gasteiger charge is 2.23. The monoisotopic (exact) mass is 341 g/mol. The highest BCUT2D eigenvalue weighted by Crippen LogP contribution is 2.19. The second-order valence-electron chi connectivity index (χ2n) is 6.59. The van der Waals surface area contributed by atoms with Gasteiger partial charge >= 0.3 is 5.97 Å². The number of anilines is 1. The summed E-state index contributed by atoms with van der Waals surface area (Å²) in [4.78, 5) is 28.4. The van der Waals surface area contributed by atoms with Crippen LogP contribution in [0, 0.1) is 0 Å². The van der Waals surface area contributed by atoms with Gasteiger partial charge in [0.05, 0.1) is 6.42 Å². The molecule has 0 aliphatic rings. The average molecular weight is 341 g/mol. The molecule has 0 aliphatic heterocycles. The van der Waals surface area contributed by atoms with Crippen molar-refractivity contribution in [3.8, 4) is 0 Å². The lowest BCUT2D eigenvalue weighted by atomic mass is 10.1. The first-order valence-corrected chi connectivity index (χ1v) is 8.01. The van der Waals surface area contributed by atoms with Crippen LogP contribution >= 0.6 is 0 Å². The lowest BCUT2D eigenvalue weighted by molar-refractivity contribution is -0.154. The van der Waals surface area contributed by atoms with Gasteiger partial charge in [0, 0.05) is 18.1 Å². The van der Waals surface area contributed by atoms with Gasteiger partial charge in [-0.1, -0.05) is 24.3 Å². The van der Waals surface area contributed by atoms with Gasteiger partial charge in [0.2, 0.25) is 5.91 Å². The first-order chi connectivity index (χ1) is 11.8. The van der Waals surface area contributed by atoms with Crippen molar-refractivity contribution in [3.63, 3.8) is 0 Å². The molecule has 132 valence electrons. The van der Waals surface area contributed by atoms with Crippen molar-refractivity contribution in [1.29, 1.82) is 0 Å². The van der Waals surface area contributed by atoms with Crippen LogP contribution < -0.4 is 5.32 Å². The van der Waals surface area contributed by atoms with Crippen molar-refractivity contribution in [2.75, 3.05) is 5.32 Å². The summed E-state index contributed by atoms with van der Waals surface area (Å²) < 4.78 is 6.82. The van der Waals surface area contributed by atoms with Gasteiger partial charge in [-0.15, -0.1) is 6.58 Å². The van der Waals surface area contributed by atoms with Crippen LogP contribution in [-0.2, 0) is 16.0 Å². The predicted octanol–water partition coefficient (Wildman–Crippen LogP) is 3.07. The predicted molar refractivity (Wildman–Crippen MR) is 96.5 cm³/mol. The molecule has 6 nitrogen and oxygen atoms in total. The second-order valence-corrected chi connectivity index (χ2v) is 6.59. The molecule has 2 rings (SSSR count). The summed E-state index contributed by atoms with van der Waals surface area (Å²) in [7, 11) is 0. The third-order valence-electron chi connectivity index (χ3n) is 3.36. The highest BCUT2D eigenvalue weighted by atomic mass is 16.6. The Morgan fingerprint density at radius 3 is 2.68 bits per heavy atom. The maximum Gasteiger partial charge on any atom is 0.333 e. The normalized spacial score (nSPS) is 12.3. The summed E-state index contributed by atoms with van der Waals surface area (Å²) in [5.41, 5.74) is 0.875. The third kappa shape index (κ3) is 5.31. The first kappa shape index (κ1) is 18.4. The van der Waals surface area contributed by atoms with Gasteiger partial charge < -0.3 is 10.1 Å². The fourth-order valence-electron chi connectivity index (χ4n) is 2.22. The zero-order valence-electron chi connectivity index (χ0n) is 14.7. The van der Waals surface area contributed by atoms with Crippen LogP contribution in [0.25, 0.3) is 0 Å². The number of ether oxygens (including phenoxy) is 1. The van der Waals surface area contributed by atoms with Crippen LogP contribution in [0.5, 0.6) is 0 Å². The third-order valence-corrected chi connectivity index (χ3v) is 3.36. The molecule has 0 spiro atoms. The first-order valence-electron chi connectivity index (χ1n) is 8.01. The molecule has 1 atom stereocenters. The number of nitrogens with zero attached hydrogens (tertiary/aromatic N) is 2. The number of hydrogen-bond donors (Lipinski definition) is 1. The van der Waals surface area contributed by atoms with Gasteiger partial charge in [-0.3, -0.25) is 9.36 Å². The van der Waals surface area contributed by atoms with E-state index in [1.54, 1.807) is 12.4 Å². The van der Waals surface area contributed by atoms with Crippen molar-refractivity contribution in [1.82, 2.24) is 9.55 Å². The quantitative estimate of drug-likeness (QED) is 0.646. The lowest BCUT2D eigenvalue weighted by Crippen LogP contribution is -2.35. The molecule has 2 aromatic rings. The average Bonchev–Trinajstić information content (AvgIpc) is 3.06. The summed E-state index contributed by atoms with van der Waals surface area (Å²) >= 11 is 0. The topological polar surface area (TPSA) is 73.2 Å². The van der Waals surface area contributed by atoms with Crippen LogP contribution in [0.3, 0.4) is 0 Å². The molecular formula is C19H23N3O3. The molecule has 0 fully saturated rings. The van der Waals surface area contributed by atoms with E-state index >= 15 is 0 Å². The Morgan fingerprint density at radius 2 is 2.08 bits per heavy atom. The van der Waals surface area contributed by atoms with Gasteiger partial charge in [-0.05, 0) is 32.4 Å². The Kier molecular flexibility index (Phi) is 5.75. The molecule has 0 saturated carbocycles. The number of rotatable bonds is 6. The Hall–Kier alpha value is -2.89. The van der Waals surface area contributed by atoms with E-state index in [1.165, 1.54) is 17.0 Å². The van der Waals surface area contributed by atoms with Crippen molar-refractivity contribution < 1.29 is 14.3 Å². The van der Waals surface area contributed by atoms with Gasteiger partial charge in [0.1, 0.15) is 18.0 Å². The number of hydrogen-bond acceptors (Lipinski definition) is 5. The standard InChI is InChI=1S/C19H23N3O3/c1-5-15(18(24)25-19(2,3)4)21-16-9-7-6-8-14(16)12-17(23)22-11-10-20-13-22/h5-11,13,15,21H,1,12H2,2-4H3. The van der Waals surface area contributed by atoms with Gasteiger partial charge in [-0.25, -0.2) is 9.78 Å². The van der Waals surface area contributed by atoms with Crippen LogP contribution in [0.4, 0.5) is 5.69 Å². The number of carbonyl (C=O) groups excluding carboxylic acids is 2. The maximum absolute atomic E-state index is 12.3. The maximum atomic E-state index is 12.3. The fourth-order valence-corrected chi connectivity index (χ4v) is 2.22. The van der Waals surface area contributed by atoms with Crippen LogP contribution in [0.1, 0.15) is 31.1 Å². The van der Waals surface area contributed by atoms with E-state index < -0.39 is 17.6 Å². The van der Waals surface area contributed by atoms with Crippen LogP contribution in [-0.4, -0.2) is 33.1 Å². The molecule has 1 aromatic heterocycles. The van der Waals surface area contributed by atoms with Crippen molar-refractivity contribution in [2.24, 2.45) is 0 Å². The van der Waals surface area contributed by atoms with Gasteiger partial charge in [-0.2, -0.15) is 0 Å². The number of imidazole rings is 1. The summed E-state index contributed by atoms with van der Waals surface area (Å²) in [5, 5.41) is 3.10. The van der Waals surface area contributed by atoms with Crippen molar-refractivity contribution in [2.45, 2.75) is 38.8 Å². The van der Waals surface area contributed by atoms with E-state index in [1.807, 2.05) is 45.0 Å². The molecular weight excluding hydrogens is 318 g/mol. The minimum Gasteiger partial charge on any atom is -0.458 e. The number of aromatic nitrogens is 2. The largest absolute Gasteiger partial charge is 0.458 e. The SMILES string of the molecule is C=CC(Nc1ccccc1CC(=O)n1ccnc1)C(=O)OC(C)(C)C. The summed E-state index contributed by atoms with van der Waals surface area (Å²) in [6, 6.07) is 6.63. The van der Waals surface area contributed by atoms with Crippen molar-refractivity contribution >= 4 is 17.6 Å². The van der Waals surface area contributed by atoms with E-state index in [4.69, 9.17) is 4.74 Å². The van der Waals surface area contributed by atoms with Crippen LogP contribution in [0.15, 0.2) is 55.6 Å². The Bertz CT molecular complexity index is 746. The molecule has 0 aliphatic carbocycles. The zero-order valence-corrected chi connectivity index (χ0v) is 14.7. The lowest BCUT2D eigenvalue weighted by Gasteiger charge is -2.24. The Balaban J connectivity index is 2.15. The van der Waals surface area contributed by atoms with E-state index in [9.17, 15) is 9.59 Å². The van der Waals surface area contributed by atoms with Gasteiger partial charge in [0.25, 0.3) is 0 Å². The molecule has 1 heterocycles. The molecule has 0 radical (unpaired) electrons. The zero-order chi connectivity index (χ0) is 18.4. The van der Waals surface area contributed by atoms with E-state index in [-0.39, 0.29) is 12.3 Å². The number of esters is 1. The number of carbonyl (C=O) groups is 2. The Labute approximate surface area is 147 Å².